The van der Waals surface area contributed by atoms with Crippen LogP contribution in [0, 0.1) is 19.8 Å². The summed E-state index contributed by atoms with van der Waals surface area (Å²) in [6.45, 7) is 24.7. The summed E-state index contributed by atoms with van der Waals surface area (Å²) in [5.74, 6) is 0.256. The van der Waals surface area contributed by atoms with Crippen molar-refractivity contribution in [2.24, 2.45) is 11.7 Å². The fraction of sp³-hybridized carbons (Fsp3) is 0.234. The maximum atomic E-state index is 6.25. The lowest BCUT2D eigenvalue weighted by molar-refractivity contribution is 0.638. The third-order valence-electron chi connectivity index (χ3n) is 8.83. The van der Waals surface area contributed by atoms with Crippen molar-refractivity contribution in [3.8, 4) is 16.9 Å². The van der Waals surface area contributed by atoms with Gasteiger partial charge in [0.1, 0.15) is 0 Å². The van der Waals surface area contributed by atoms with E-state index in [1.54, 1.807) is 6.08 Å². The minimum absolute atomic E-state index is 0.256. The van der Waals surface area contributed by atoms with Gasteiger partial charge in [-0.25, -0.2) is 0 Å². The van der Waals surface area contributed by atoms with E-state index in [1.165, 1.54) is 28.1 Å². The Hall–Kier alpha value is -5.28. The van der Waals surface area contributed by atoms with Gasteiger partial charge in [0.15, 0.2) is 0 Å². The molecule has 0 aliphatic carbocycles. The standard InChI is InChI=1S/C47H57N3/c1-10-23-36(6)32-42(48)26-22-21-25-39(11-2)33-46-37(7)38(8)47(50(46)43-27-18-16-19-28-43)44-31-30-41(34-40(44)12-3)45(49-9)29-20-15-13-14-17-24-35(4)5/h10-12,15-24,26-31,34,39,49H,1-4,13-14,25,32-33,48H2,5-9H3/b20-15-,22-21-,24-17-,36-23-,42-26-,45-29-. The zero-order chi connectivity index (χ0) is 36.5. The number of hydrogen-bond acceptors (Lipinski definition) is 2. The van der Waals surface area contributed by atoms with Gasteiger partial charge in [0.25, 0.3) is 0 Å². The Kier molecular flexibility index (Phi) is 15.9. The normalized spacial score (nSPS) is 13.3. The van der Waals surface area contributed by atoms with Crippen LogP contribution in [0.2, 0.25) is 0 Å². The van der Waals surface area contributed by atoms with Gasteiger partial charge >= 0.3 is 0 Å². The lowest BCUT2D eigenvalue weighted by atomic mass is 9.95. The highest BCUT2D eigenvalue weighted by Crippen LogP contribution is 2.38. The van der Waals surface area contributed by atoms with Gasteiger partial charge in [-0.3, -0.25) is 0 Å². The van der Waals surface area contributed by atoms with E-state index in [0.717, 1.165) is 71.4 Å². The van der Waals surface area contributed by atoms with Crippen LogP contribution < -0.4 is 11.1 Å². The third kappa shape index (κ3) is 11.1. The van der Waals surface area contributed by atoms with E-state index in [4.69, 9.17) is 5.73 Å². The van der Waals surface area contributed by atoms with Crippen LogP contribution >= 0.6 is 0 Å². The van der Waals surface area contributed by atoms with E-state index in [1.807, 2.05) is 32.2 Å². The summed E-state index contributed by atoms with van der Waals surface area (Å²) >= 11 is 0. The van der Waals surface area contributed by atoms with Gasteiger partial charge < -0.3 is 15.6 Å². The van der Waals surface area contributed by atoms with Crippen LogP contribution in [0.25, 0.3) is 28.7 Å². The second-order valence-corrected chi connectivity index (χ2v) is 12.8. The topological polar surface area (TPSA) is 43.0 Å². The molecule has 260 valence electrons. The second kappa shape index (κ2) is 20.3. The van der Waals surface area contributed by atoms with Crippen LogP contribution in [-0.4, -0.2) is 11.6 Å². The molecule has 1 heterocycles. The molecule has 50 heavy (non-hydrogen) atoms. The van der Waals surface area contributed by atoms with E-state index >= 15 is 0 Å². The lowest BCUT2D eigenvalue weighted by Gasteiger charge is -2.19. The van der Waals surface area contributed by atoms with Crippen molar-refractivity contribution in [1.82, 2.24) is 9.88 Å². The molecule has 1 atom stereocenters. The number of rotatable bonds is 19. The van der Waals surface area contributed by atoms with Gasteiger partial charge in [-0.15, -0.1) is 6.58 Å². The molecule has 0 bridgehead atoms. The summed E-state index contributed by atoms with van der Waals surface area (Å²) in [5.41, 5.74) is 20.0. The molecule has 3 nitrogen and oxygen atoms in total. The van der Waals surface area contributed by atoms with E-state index in [2.05, 4.69) is 154 Å². The summed E-state index contributed by atoms with van der Waals surface area (Å²) in [6, 6.07) is 17.3. The molecular formula is C47H57N3. The van der Waals surface area contributed by atoms with Crippen LogP contribution in [0.5, 0.6) is 0 Å². The summed E-state index contributed by atoms with van der Waals surface area (Å²) in [6.07, 6.45) is 29.2. The number of unbranched alkanes of at least 4 members (excludes halogenated alkanes) is 1. The Balaban J connectivity index is 1.99. The Morgan fingerprint density at radius 2 is 1.62 bits per heavy atom. The average Bonchev–Trinajstić information content (AvgIpc) is 3.35. The first kappa shape index (κ1) is 39.2. The van der Waals surface area contributed by atoms with Gasteiger partial charge in [-0.05, 0) is 112 Å². The highest BCUT2D eigenvalue weighted by atomic mass is 15.0. The van der Waals surface area contributed by atoms with Gasteiger partial charge in [0.2, 0.25) is 0 Å². The van der Waals surface area contributed by atoms with Crippen molar-refractivity contribution in [2.45, 2.75) is 59.8 Å². The van der Waals surface area contributed by atoms with Gasteiger partial charge in [0, 0.05) is 41.8 Å². The van der Waals surface area contributed by atoms with E-state index < -0.39 is 0 Å². The summed E-state index contributed by atoms with van der Waals surface area (Å²) in [4.78, 5) is 0. The second-order valence-electron chi connectivity index (χ2n) is 12.8. The highest BCUT2D eigenvalue weighted by molar-refractivity contribution is 5.81. The van der Waals surface area contributed by atoms with Crippen molar-refractivity contribution >= 4 is 11.8 Å². The molecule has 0 amide bonds. The number of benzene rings is 2. The molecule has 2 aromatic carbocycles. The molecular weight excluding hydrogens is 607 g/mol. The first-order chi connectivity index (χ1) is 24.1. The third-order valence-corrected chi connectivity index (χ3v) is 8.83. The van der Waals surface area contributed by atoms with Gasteiger partial charge in [0.05, 0.1) is 5.69 Å². The largest absolute Gasteiger partial charge is 0.402 e. The number of hydrogen-bond donors (Lipinski definition) is 2. The summed E-state index contributed by atoms with van der Waals surface area (Å²) in [7, 11) is 1.97. The molecule has 0 fully saturated rings. The Bertz CT molecular complexity index is 1810. The number of nitrogens with one attached hydrogen (secondary N) is 1. The molecule has 1 aromatic heterocycles. The summed E-state index contributed by atoms with van der Waals surface area (Å²) < 4.78 is 2.44. The summed E-state index contributed by atoms with van der Waals surface area (Å²) in [5, 5.41) is 3.39. The smallest absolute Gasteiger partial charge is 0.0569 e. The quantitative estimate of drug-likeness (QED) is 0.0761. The molecule has 0 spiro atoms. The van der Waals surface area contributed by atoms with Crippen LogP contribution in [0.1, 0.15) is 67.5 Å². The number of para-hydroxylation sites is 1. The molecule has 3 rings (SSSR count). The van der Waals surface area contributed by atoms with E-state index in [-0.39, 0.29) is 5.92 Å². The zero-order valence-corrected chi connectivity index (χ0v) is 31.0. The molecule has 3 aromatic rings. The van der Waals surface area contributed by atoms with Gasteiger partial charge in [-0.2, -0.15) is 0 Å². The van der Waals surface area contributed by atoms with Crippen molar-refractivity contribution in [1.29, 1.82) is 0 Å². The van der Waals surface area contributed by atoms with Crippen molar-refractivity contribution < 1.29 is 0 Å². The first-order valence-electron chi connectivity index (χ1n) is 17.6. The minimum atomic E-state index is 0.256. The molecule has 0 aliphatic heterocycles. The van der Waals surface area contributed by atoms with Crippen LogP contribution in [-0.2, 0) is 6.42 Å². The number of allylic oxidation sites excluding steroid dienone is 13. The minimum Gasteiger partial charge on any atom is -0.402 e. The number of nitrogens with two attached hydrogens (primary N) is 1. The fourth-order valence-corrected chi connectivity index (χ4v) is 6.07. The van der Waals surface area contributed by atoms with Crippen molar-refractivity contribution in [3.63, 3.8) is 0 Å². The van der Waals surface area contributed by atoms with Crippen molar-refractivity contribution in [2.75, 3.05) is 7.05 Å². The van der Waals surface area contributed by atoms with Crippen LogP contribution in [0.15, 0.2) is 159 Å². The maximum Gasteiger partial charge on any atom is 0.0569 e. The molecule has 0 saturated heterocycles. The van der Waals surface area contributed by atoms with Crippen LogP contribution in [0.4, 0.5) is 0 Å². The number of aromatic nitrogens is 1. The van der Waals surface area contributed by atoms with E-state index in [9.17, 15) is 0 Å². The molecule has 0 saturated carbocycles. The van der Waals surface area contributed by atoms with Gasteiger partial charge in [-0.1, -0.05) is 122 Å². The molecule has 3 heteroatoms. The predicted octanol–water partition coefficient (Wildman–Crippen LogP) is 12.1. The maximum absolute atomic E-state index is 6.25. The zero-order valence-electron chi connectivity index (χ0n) is 31.0. The monoisotopic (exact) mass is 663 g/mol. The Labute approximate surface area is 302 Å². The van der Waals surface area contributed by atoms with Crippen molar-refractivity contribution in [3.05, 3.63) is 186 Å². The predicted molar refractivity (Wildman–Crippen MR) is 222 cm³/mol. The lowest BCUT2D eigenvalue weighted by Crippen LogP contribution is -2.09. The fourth-order valence-electron chi connectivity index (χ4n) is 6.07. The highest BCUT2D eigenvalue weighted by Gasteiger charge is 2.23. The first-order valence-corrected chi connectivity index (χ1v) is 17.6. The average molecular weight is 664 g/mol. The van der Waals surface area contributed by atoms with Crippen LogP contribution in [0.3, 0.4) is 0 Å². The SMILES string of the molecule is C=C/C=C(/C)C/C(N)=C/C=C\CC(C=C)Cc1c(C)c(C)c(-c2ccc(/C(=C/C=C\CC/C=C\C(=C)C)NC)cc2C=C)n1-c1ccccc1. The number of nitrogens with zero attached hydrogens (tertiary/aromatic N) is 1. The molecule has 1 unspecified atom stereocenters. The Morgan fingerprint density at radius 1 is 0.900 bits per heavy atom. The molecule has 3 N–H and O–H groups in total. The molecule has 0 aliphatic rings. The molecule has 0 radical (unpaired) electrons. The Morgan fingerprint density at radius 3 is 2.28 bits per heavy atom. The van der Waals surface area contributed by atoms with E-state index in [0.29, 0.717) is 0 Å².